The first-order valence-corrected chi connectivity index (χ1v) is 10.3. The van der Waals surface area contributed by atoms with Gasteiger partial charge in [0, 0.05) is 18.1 Å². The molecule has 9 heteroatoms. The van der Waals surface area contributed by atoms with Crippen molar-refractivity contribution in [2.75, 3.05) is 29.1 Å². The van der Waals surface area contributed by atoms with Crippen LogP contribution in [0.15, 0.2) is 54.1 Å². The number of thioether (sulfide) groups is 1. The average Bonchev–Trinajstić information content (AvgIpc) is 3.17. The van der Waals surface area contributed by atoms with Gasteiger partial charge in [0.25, 0.3) is 0 Å². The summed E-state index contributed by atoms with van der Waals surface area (Å²) in [6, 6.07) is 11.1. The second-order valence-electron chi connectivity index (χ2n) is 5.88. The number of pyridine rings is 1. The van der Waals surface area contributed by atoms with Crippen LogP contribution in [0.3, 0.4) is 0 Å². The Labute approximate surface area is 173 Å². The highest BCUT2D eigenvalue weighted by molar-refractivity contribution is 7.99. The number of aromatic nitrogens is 4. The van der Waals surface area contributed by atoms with E-state index in [1.807, 2.05) is 30.3 Å². The number of halogens is 1. The predicted octanol–water partition coefficient (Wildman–Crippen LogP) is 3.89. The second kappa shape index (κ2) is 9.57. The van der Waals surface area contributed by atoms with E-state index in [0.717, 1.165) is 24.6 Å². The minimum atomic E-state index is -0.136. The molecule has 0 unspecified atom stereocenters. The van der Waals surface area contributed by atoms with E-state index in [-0.39, 0.29) is 11.7 Å². The van der Waals surface area contributed by atoms with E-state index < -0.39 is 0 Å². The van der Waals surface area contributed by atoms with Crippen LogP contribution < -0.4 is 10.2 Å². The second-order valence-corrected chi connectivity index (χ2v) is 7.26. The fourth-order valence-corrected chi connectivity index (χ4v) is 3.56. The Kier molecular flexibility index (Phi) is 6.89. The summed E-state index contributed by atoms with van der Waals surface area (Å²) in [7, 11) is 0. The third-order valence-electron chi connectivity index (χ3n) is 4.05. The van der Waals surface area contributed by atoms with Crippen molar-refractivity contribution < 1.29 is 4.79 Å². The van der Waals surface area contributed by atoms with Crippen LogP contribution in [0.5, 0.6) is 0 Å². The molecule has 0 radical (unpaired) electrons. The maximum atomic E-state index is 12.3. The summed E-state index contributed by atoms with van der Waals surface area (Å²) in [6.45, 7) is 5.94. The van der Waals surface area contributed by atoms with Gasteiger partial charge in [-0.05, 0) is 44.2 Å². The van der Waals surface area contributed by atoms with Crippen LogP contribution in [0.1, 0.15) is 13.8 Å². The molecule has 1 amide bonds. The molecule has 1 N–H and O–H groups in total. The Morgan fingerprint density at radius 2 is 2.07 bits per heavy atom. The third kappa shape index (κ3) is 5.02. The van der Waals surface area contributed by atoms with Gasteiger partial charge in [0.2, 0.25) is 5.91 Å². The molecule has 0 saturated heterocycles. The first-order chi connectivity index (χ1) is 13.6. The molecule has 0 bridgehead atoms. The van der Waals surface area contributed by atoms with Gasteiger partial charge in [-0.3, -0.25) is 9.36 Å². The van der Waals surface area contributed by atoms with Crippen molar-refractivity contribution in [3.63, 3.8) is 0 Å². The molecular weight excluding hydrogens is 396 g/mol. The fraction of sp³-hybridized carbons (Fsp3) is 0.263. The number of hydrogen-bond acceptors (Lipinski definition) is 6. The number of amides is 1. The van der Waals surface area contributed by atoms with Crippen molar-refractivity contribution in [3.8, 4) is 5.69 Å². The smallest absolute Gasteiger partial charge is 0.234 e. The Bertz CT molecular complexity index is 926. The maximum absolute atomic E-state index is 12.3. The highest BCUT2D eigenvalue weighted by atomic mass is 35.5. The quantitative estimate of drug-likeness (QED) is 0.561. The SMILES string of the molecule is CCN(CC)c1ccc(NC(=O)CSc2nncn2-c2cccc(Cl)c2)cn1. The molecule has 0 spiro atoms. The van der Waals surface area contributed by atoms with E-state index in [1.165, 1.54) is 11.8 Å². The van der Waals surface area contributed by atoms with Crippen LogP contribution in [-0.4, -0.2) is 44.5 Å². The molecule has 28 heavy (non-hydrogen) atoms. The van der Waals surface area contributed by atoms with Crippen molar-refractivity contribution in [2.45, 2.75) is 19.0 Å². The van der Waals surface area contributed by atoms with Gasteiger partial charge >= 0.3 is 0 Å². The highest BCUT2D eigenvalue weighted by Crippen LogP contribution is 2.22. The Morgan fingerprint density at radius 3 is 2.75 bits per heavy atom. The number of carbonyl (C=O) groups is 1. The first kappa shape index (κ1) is 20.2. The third-order valence-corrected chi connectivity index (χ3v) is 5.23. The summed E-state index contributed by atoms with van der Waals surface area (Å²) in [5.41, 5.74) is 1.51. The summed E-state index contributed by atoms with van der Waals surface area (Å²) in [5.74, 6) is 0.965. The predicted molar refractivity (Wildman–Crippen MR) is 114 cm³/mol. The van der Waals surface area contributed by atoms with Gasteiger partial charge in [-0.15, -0.1) is 10.2 Å². The van der Waals surface area contributed by atoms with Crippen LogP contribution in [0.4, 0.5) is 11.5 Å². The van der Waals surface area contributed by atoms with Crippen molar-refractivity contribution in [1.29, 1.82) is 0 Å². The monoisotopic (exact) mass is 416 g/mol. The van der Waals surface area contributed by atoms with Crippen LogP contribution in [0.25, 0.3) is 5.69 Å². The normalized spacial score (nSPS) is 10.7. The highest BCUT2D eigenvalue weighted by Gasteiger charge is 2.11. The molecule has 3 aromatic rings. The van der Waals surface area contributed by atoms with Crippen molar-refractivity contribution in [3.05, 3.63) is 53.9 Å². The zero-order valence-electron chi connectivity index (χ0n) is 15.7. The lowest BCUT2D eigenvalue weighted by atomic mass is 10.3. The van der Waals surface area contributed by atoms with Crippen LogP contribution >= 0.6 is 23.4 Å². The number of hydrogen-bond donors (Lipinski definition) is 1. The molecule has 0 aliphatic carbocycles. The van der Waals surface area contributed by atoms with Gasteiger partial charge < -0.3 is 10.2 Å². The van der Waals surface area contributed by atoms with Crippen LogP contribution in [-0.2, 0) is 4.79 Å². The molecule has 2 aromatic heterocycles. The van der Waals surface area contributed by atoms with Crippen molar-refractivity contribution in [2.24, 2.45) is 0 Å². The summed E-state index contributed by atoms with van der Waals surface area (Å²) >= 11 is 7.35. The van der Waals surface area contributed by atoms with Crippen molar-refractivity contribution >= 4 is 40.8 Å². The minimum Gasteiger partial charge on any atom is -0.357 e. The van der Waals surface area contributed by atoms with Crippen LogP contribution in [0.2, 0.25) is 5.02 Å². The van der Waals surface area contributed by atoms with Gasteiger partial charge in [-0.2, -0.15) is 0 Å². The number of benzene rings is 1. The molecule has 1 aromatic carbocycles. The molecule has 0 aliphatic rings. The summed E-state index contributed by atoms with van der Waals surface area (Å²) in [5, 5.41) is 12.1. The molecule has 3 rings (SSSR count). The largest absolute Gasteiger partial charge is 0.357 e. The van der Waals surface area contributed by atoms with E-state index >= 15 is 0 Å². The Balaban J connectivity index is 1.59. The lowest BCUT2D eigenvalue weighted by Crippen LogP contribution is -2.23. The summed E-state index contributed by atoms with van der Waals surface area (Å²) in [6.07, 6.45) is 3.27. The summed E-state index contributed by atoms with van der Waals surface area (Å²) in [4.78, 5) is 18.8. The molecule has 0 fully saturated rings. The zero-order valence-corrected chi connectivity index (χ0v) is 17.2. The zero-order chi connectivity index (χ0) is 19.9. The van der Waals surface area contributed by atoms with Gasteiger partial charge in [0.15, 0.2) is 5.16 Å². The number of nitrogens with zero attached hydrogens (tertiary/aromatic N) is 5. The lowest BCUT2D eigenvalue weighted by Gasteiger charge is -2.19. The topological polar surface area (TPSA) is 75.9 Å². The van der Waals surface area contributed by atoms with Crippen LogP contribution in [0, 0.1) is 0 Å². The first-order valence-electron chi connectivity index (χ1n) is 8.90. The fourth-order valence-electron chi connectivity index (χ4n) is 2.65. The standard InChI is InChI=1S/C19H21ClN6OS/c1-3-25(4-2)17-9-8-15(11-21-17)23-18(27)12-28-19-24-22-13-26(19)16-7-5-6-14(20)10-16/h5-11,13H,3-4,12H2,1-2H3,(H,23,27). The van der Waals surface area contributed by atoms with E-state index in [1.54, 1.807) is 23.2 Å². The molecular formula is C19H21ClN6OS. The Morgan fingerprint density at radius 1 is 1.25 bits per heavy atom. The Hall–Kier alpha value is -2.58. The summed E-state index contributed by atoms with van der Waals surface area (Å²) < 4.78 is 1.80. The average molecular weight is 417 g/mol. The number of anilines is 2. The van der Waals surface area contributed by atoms with E-state index in [9.17, 15) is 4.79 Å². The van der Waals surface area contributed by atoms with Crippen molar-refractivity contribution in [1.82, 2.24) is 19.7 Å². The van der Waals surface area contributed by atoms with Gasteiger partial charge in [-0.25, -0.2) is 4.98 Å². The lowest BCUT2D eigenvalue weighted by molar-refractivity contribution is -0.113. The molecule has 2 heterocycles. The van der Waals surface area contributed by atoms with Gasteiger partial charge in [0.1, 0.15) is 12.1 Å². The maximum Gasteiger partial charge on any atom is 0.234 e. The molecule has 0 atom stereocenters. The van der Waals surface area contributed by atoms with Gasteiger partial charge in [-0.1, -0.05) is 29.4 Å². The number of nitrogens with one attached hydrogen (secondary N) is 1. The van der Waals surface area contributed by atoms with Gasteiger partial charge in [0.05, 0.1) is 23.3 Å². The number of rotatable bonds is 8. The van der Waals surface area contributed by atoms with E-state index in [2.05, 4.69) is 39.2 Å². The van der Waals surface area contributed by atoms with E-state index in [0.29, 0.717) is 15.9 Å². The molecule has 0 saturated carbocycles. The molecule has 146 valence electrons. The molecule has 0 aliphatic heterocycles. The minimum absolute atomic E-state index is 0.136. The molecule has 7 nitrogen and oxygen atoms in total. The van der Waals surface area contributed by atoms with E-state index in [4.69, 9.17) is 11.6 Å². The number of carbonyl (C=O) groups excluding carboxylic acids is 1.